The highest BCUT2D eigenvalue weighted by atomic mass is 19.1. The molecule has 5 rings (SSSR count). The quantitative estimate of drug-likeness (QED) is 0.196. The highest BCUT2D eigenvalue weighted by Gasteiger charge is 2.46. The van der Waals surface area contributed by atoms with Gasteiger partial charge in [-0.15, -0.1) is 0 Å². The average molecular weight is 509 g/mol. The molecule has 1 N–H and O–H groups in total. The van der Waals surface area contributed by atoms with Gasteiger partial charge >= 0.3 is 0 Å². The molecule has 3 aromatic carbocycles. The predicted molar refractivity (Wildman–Crippen MR) is 140 cm³/mol. The second-order valence-corrected chi connectivity index (χ2v) is 9.14. The van der Waals surface area contributed by atoms with Crippen LogP contribution in [0.15, 0.2) is 103 Å². The number of Topliss-reactive ketones (excluding diaryl/α,β-unsaturated/α-hetero) is 1. The molecule has 1 fully saturated rings. The Labute approximate surface area is 219 Å². The standard InChI is InChI=1S/C31H25FN2O4/c1-20-4-2-5-21(16-20)19-38-26-13-9-24(10-14-26)29(35)27-28(23-7-11-25(32)12-8-23)34(31(37)30(27)36)18-22-6-3-15-33-17-22/h2-17,28,35H,18-19H2,1H3/b29-27+. The lowest BCUT2D eigenvalue weighted by Gasteiger charge is -2.25. The second kappa shape index (κ2) is 10.7. The number of likely N-dealkylation sites (tertiary alicyclic amines) is 1. The summed E-state index contributed by atoms with van der Waals surface area (Å²) in [5, 5.41) is 11.3. The van der Waals surface area contributed by atoms with Gasteiger partial charge in [0, 0.05) is 24.5 Å². The normalized spacial score (nSPS) is 16.6. The van der Waals surface area contributed by atoms with Gasteiger partial charge in [0.2, 0.25) is 0 Å². The first-order valence-electron chi connectivity index (χ1n) is 12.1. The van der Waals surface area contributed by atoms with Gasteiger partial charge in [-0.05, 0) is 66.1 Å². The molecule has 1 saturated heterocycles. The fourth-order valence-corrected chi connectivity index (χ4v) is 4.56. The number of ketones is 1. The number of halogens is 1. The zero-order valence-electron chi connectivity index (χ0n) is 20.7. The van der Waals surface area contributed by atoms with Gasteiger partial charge in [-0.3, -0.25) is 14.6 Å². The number of aromatic nitrogens is 1. The van der Waals surface area contributed by atoms with Crippen molar-refractivity contribution in [2.45, 2.75) is 26.1 Å². The van der Waals surface area contributed by atoms with E-state index in [1.165, 1.54) is 29.2 Å². The van der Waals surface area contributed by atoms with E-state index in [0.29, 0.717) is 23.5 Å². The van der Waals surface area contributed by atoms with Gasteiger partial charge in [-0.1, -0.05) is 48.0 Å². The molecule has 1 atom stereocenters. The second-order valence-electron chi connectivity index (χ2n) is 9.14. The number of hydrogen-bond acceptors (Lipinski definition) is 5. The van der Waals surface area contributed by atoms with Gasteiger partial charge in [0.15, 0.2) is 0 Å². The average Bonchev–Trinajstić information content (AvgIpc) is 3.18. The van der Waals surface area contributed by atoms with E-state index in [1.807, 2.05) is 31.2 Å². The Bertz CT molecular complexity index is 1500. The molecule has 0 radical (unpaired) electrons. The van der Waals surface area contributed by atoms with Crippen LogP contribution in [-0.4, -0.2) is 26.7 Å². The van der Waals surface area contributed by atoms with Gasteiger partial charge < -0.3 is 14.7 Å². The van der Waals surface area contributed by atoms with Crippen LogP contribution in [-0.2, 0) is 22.7 Å². The third-order valence-electron chi connectivity index (χ3n) is 6.42. The van der Waals surface area contributed by atoms with Crippen molar-refractivity contribution in [3.05, 3.63) is 137 Å². The number of pyridine rings is 1. The highest BCUT2D eigenvalue weighted by Crippen LogP contribution is 2.40. The van der Waals surface area contributed by atoms with E-state index in [4.69, 9.17) is 4.74 Å². The number of ether oxygens (including phenoxy) is 1. The van der Waals surface area contributed by atoms with Crippen LogP contribution in [0.3, 0.4) is 0 Å². The summed E-state index contributed by atoms with van der Waals surface area (Å²) in [5.74, 6) is -1.71. The van der Waals surface area contributed by atoms with Crippen LogP contribution >= 0.6 is 0 Å². The summed E-state index contributed by atoms with van der Waals surface area (Å²) in [6.07, 6.45) is 3.22. The van der Waals surface area contributed by atoms with Gasteiger partial charge in [-0.25, -0.2) is 4.39 Å². The number of rotatable bonds is 7. The summed E-state index contributed by atoms with van der Waals surface area (Å²) in [4.78, 5) is 31.8. The topological polar surface area (TPSA) is 79.7 Å². The predicted octanol–water partition coefficient (Wildman–Crippen LogP) is 5.73. The van der Waals surface area contributed by atoms with Crippen LogP contribution in [0.2, 0.25) is 0 Å². The first kappa shape index (κ1) is 24.9. The number of hydrogen-bond donors (Lipinski definition) is 1. The van der Waals surface area contributed by atoms with Gasteiger partial charge in [0.25, 0.3) is 11.7 Å². The smallest absolute Gasteiger partial charge is 0.295 e. The van der Waals surface area contributed by atoms with Crippen molar-refractivity contribution < 1.29 is 23.8 Å². The summed E-state index contributed by atoms with van der Waals surface area (Å²) in [7, 11) is 0. The third-order valence-corrected chi connectivity index (χ3v) is 6.42. The summed E-state index contributed by atoms with van der Waals surface area (Å²) in [6, 6.07) is 22.9. The molecular formula is C31H25FN2O4. The number of nitrogens with zero attached hydrogens (tertiary/aromatic N) is 2. The number of carbonyl (C=O) groups is 2. The molecule has 6 nitrogen and oxygen atoms in total. The van der Waals surface area contributed by atoms with Gasteiger partial charge in [0.05, 0.1) is 11.6 Å². The lowest BCUT2D eigenvalue weighted by molar-refractivity contribution is -0.140. The van der Waals surface area contributed by atoms with E-state index in [9.17, 15) is 19.1 Å². The van der Waals surface area contributed by atoms with E-state index in [1.54, 1.807) is 48.8 Å². The minimum absolute atomic E-state index is 0.0565. The van der Waals surface area contributed by atoms with Crippen molar-refractivity contribution in [1.82, 2.24) is 9.88 Å². The molecule has 190 valence electrons. The molecule has 0 saturated carbocycles. The largest absolute Gasteiger partial charge is 0.507 e. The molecule has 1 aromatic heterocycles. The molecular weight excluding hydrogens is 483 g/mol. The number of aliphatic hydroxyl groups excluding tert-OH is 1. The molecule has 2 heterocycles. The molecule has 4 aromatic rings. The molecule has 7 heteroatoms. The van der Waals surface area contributed by atoms with Crippen LogP contribution in [0.5, 0.6) is 5.75 Å². The molecule has 0 bridgehead atoms. The lowest BCUT2D eigenvalue weighted by Crippen LogP contribution is -2.29. The van der Waals surface area contributed by atoms with E-state index < -0.39 is 23.5 Å². The first-order chi connectivity index (χ1) is 18.4. The van der Waals surface area contributed by atoms with E-state index in [0.717, 1.165) is 16.7 Å². The first-order valence-corrected chi connectivity index (χ1v) is 12.1. The lowest BCUT2D eigenvalue weighted by atomic mass is 9.95. The van der Waals surface area contributed by atoms with E-state index in [2.05, 4.69) is 4.98 Å². The maximum atomic E-state index is 13.7. The Morgan fingerprint density at radius 2 is 1.71 bits per heavy atom. The van der Waals surface area contributed by atoms with E-state index in [-0.39, 0.29) is 17.9 Å². The van der Waals surface area contributed by atoms with Crippen LogP contribution < -0.4 is 4.74 Å². The summed E-state index contributed by atoms with van der Waals surface area (Å²) >= 11 is 0. The Kier molecular flexibility index (Phi) is 7.00. The van der Waals surface area contributed by atoms with Crippen LogP contribution in [0, 0.1) is 12.7 Å². The minimum Gasteiger partial charge on any atom is -0.507 e. The zero-order valence-corrected chi connectivity index (χ0v) is 20.7. The van der Waals surface area contributed by atoms with Crippen LogP contribution in [0.4, 0.5) is 4.39 Å². The molecule has 1 amide bonds. The van der Waals surface area contributed by atoms with Crippen molar-refractivity contribution in [3.8, 4) is 5.75 Å². The summed E-state index contributed by atoms with van der Waals surface area (Å²) in [5.41, 5.74) is 3.70. The zero-order chi connectivity index (χ0) is 26.6. The van der Waals surface area contributed by atoms with E-state index >= 15 is 0 Å². The summed E-state index contributed by atoms with van der Waals surface area (Å²) in [6.45, 7) is 2.50. The van der Waals surface area contributed by atoms with Crippen molar-refractivity contribution in [2.24, 2.45) is 0 Å². The van der Waals surface area contributed by atoms with Gasteiger partial charge in [0.1, 0.15) is 23.9 Å². The van der Waals surface area contributed by atoms with Crippen LogP contribution in [0.1, 0.15) is 33.9 Å². The summed E-state index contributed by atoms with van der Waals surface area (Å²) < 4.78 is 19.6. The number of aryl methyl sites for hydroxylation is 1. The molecule has 38 heavy (non-hydrogen) atoms. The fourth-order valence-electron chi connectivity index (χ4n) is 4.56. The molecule has 0 aliphatic carbocycles. The number of carbonyl (C=O) groups excluding carboxylic acids is 2. The maximum Gasteiger partial charge on any atom is 0.295 e. The van der Waals surface area contributed by atoms with Crippen molar-refractivity contribution in [1.29, 1.82) is 0 Å². The minimum atomic E-state index is -0.895. The molecule has 1 unspecified atom stereocenters. The molecule has 1 aliphatic rings. The molecule has 1 aliphatic heterocycles. The van der Waals surface area contributed by atoms with Crippen molar-refractivity contribution in [2.75, 3.05) is 0 Å². The molecule has 0 spiro atoms. The Morgan fingerprint density at radius 3 is 2.39 bits per heavy atom. The van der Waals surface area contributed by atoms with Crippen molar-refractivity contribution >= 4 is 17.4 Å². The number of aliphatic hydroxyl groups is 1. The SMILES string of the molecule is Cc1cccc(COc2ccc(/C(O)=C3\C(=O)C(=O)N(Cc4cccnc4)C3c3ccc(F)cc3)cc2)c1. The highest BCUT2D eigenvalue weighted by molar-refractivity contribution is 6.46. The number of amides is 1. The van der Waals surface area contributed by atoms with Crippen LogP contribution in [0.25, 0.3) is 5.76 Å². The Hall–Kier alpha value is -4.78. The fraction of sp³-hybridized carbons (Fsp3) is 0.129. The van der Waals surface area contributed by atoms with Gasteiger partial charge in [-0.2, -0.15) is 0 Å². The third kappa shape index (κ3) is 5.18. The van der Waals surface area contributed by atoms with Crippen molar-refractivity contribution in [3.63, 3.8) is 0 Å². The number of benzene rings is 3. The maximum absolute atomic E-state index is 13.7. The Morgan fingerprint density at radius 1 is 0.974 bits per heavy atom. The Balaban J connectivity index is 1.47. The monoisotopic (exact) mass is 508 g/mol.